The monoisotopic (exact) mass is 343 g/mol. The summed E-state index contributed by atoms with van der Waals surface area (Å²) in [7, 11) is 0. The molecule has 4 nitrogen and oxygen atoms in total. The van der Waals surface area contributed by atoms with Crippen molar-refractivity contribution in [3.63, 3.8) is 0 Å². The summed E-state index contributed by atoms with van der Waals surface area (Å²) in [6.07, 6.45) is 1.88. The Morgan fingerprint density at radius 2 is 1.88 bits per heavy atom. The summed E-state index contributed by atoms with van der Waals surface area (Å²) in [5.41, 5.74) is 1.05. The predicted octanol–water partition coefficient (Wildman–Crippen LogP) is 3.28. The smallest absolute Gasteiger partial charge is 0.227 e. The number of para-hydroxylation sites is 1. The Labute approximate surface area is 146 Å². The lowest BCUT2D eigenvalue weighted by atomic mass is 10.1. The van der Waals surface area contributed by atoms with Crippen LogP contribution in [0.15, 0.2) is 48.5 Å². The topological polar surface area (TPSA) is 49.8 Å². The van der Waals surface area contributed by atoms with Crippen molar-refractivity contribution in [1.29, 1.82) is 0 Å². The first-order valence-corrected chi connectivity index (χ1v) is 8.53. The van der Waals surface area contributed by atoms with Gasteiger partial charge in [0.15, 0.2) is 0 Å². The highest BCUT2D eigenvalue weighted by molar-refractivity contribution is 5.79. The van der Waals surface area contributed by atoms with Crippen LogP contribution in [-0.4, -0.2) is 35.2 Å². The third-order valence-corrected chi connectivity index (χ3v) is 4.45. The molecule has 1 N–H and O–H groups in total. The van der Waals surface area contributed by atoms with Crippen LogP contribution in [0.2, 0.25) is 0 Å². The van der Waals surface area contributed by atoms with Crippen molar-refractivity contribution in [1.82, 2.24) is 4.90 Å². The zero-order valence-corrected chi connectivity index (χ0v) is 14.0. The van der Waals surface area contributed by atoms with Gasteiger partial charge in [0.25, 0.3) is 0 Å². The Bertz CT molecular complexity index is 728. The molecule has 5 heteroatoms. The van der Waals surface area contributed by atoms with Crippen molar-refractivity contribution in [2.24, 2.45) is 0 Å². The molecule has 1 amide bonds. The van der Waals surface area contributed by atoms with Gasteiger partial charge in [-0.25, -0.2) is 4.39 Å². The van der Waals surface area contributed by atoms with Gasteiger partial charge in [-0.15, -0.1) is 0 Å². The largest absolute Gasteiger partial charge is 0.508 e. The molecule has 0 spiro atoms. The third-order valence-electron chi connectivity index (χ3n) is 4.45. The third kappa shape index (κ3) is 4.57. The van der Waals surface area contributed by atoms with Gasteiger partial charge in [-0.3, -0.25) is 4.79 Å². The van der Waals surface area contributed by atoms with Crippen LogP contribution in [0.25, 0.3) is 0 Å². The second-order valence-corrected chi connectivity index (χ2v) is 6.31. The zero-order chi connectivity index (χ0) is 17.6. The number of amides is 1. The van der Waals surface area contributed by atoms with Crippen molar-refractivity contribution in [2.75, 3.05) is 13.2 Å². The van der Waals surface area contributed by atoms with Crippen molar-refractivity contribution in [3.8, 4) is 5.75 Å². The van der Waals surface area contributed by atoms with Crippen LogP contribution < -0.4 is 0 Å². The molecule has 0 aromatic heterocycles. The lowest BCUT2D eigenvalue weighted by Gasteiger charge is -2.26. The molecular formula is C20H22FNO3. The number of carbonyl (C=O) groups is 1. The summed E-state index contributed by atoms with van der Waals surface area (Å²) in [4.78, 5) is 14.4. The summed E-state index contributed by atoms with van der Waals surface area (Å²) in [5.74, 6) is -0.405. The summed E-state index contributed by atoms with van der Waals surface area (Å²) in [5, 5.41) is 10.0. The number of phenols is 1. The van der Waals surface area contributed by atoms with E-state index in [0.29, 0.717) is 24.3 Å². The molecule has 0 unspecified atom stereocenters. The van der Waals surface area contributed by atoms with Crippen molar-refractivity contribution < 1.29 is 19.0 Å². The Morgan fingerprint density at radius 1 is 1.16 bits per heavy atom. The van der Waals surface area contributed by atoms with E-state index in [2.05, 4.69) is 0 Å². The molecule has 1 fully saturated rings. The minimum absolute atomic E-state index is 0.00424. The van der Waals surface area contributed by atoms with E-state index in [4.69, 9.17) is 4.74 Å². The molecule has 25 heavy (non-hydrogen) atoms. The number of phenolic OH excluding ortho intramolecular Hbond substituents is 1. The summed E-state index contributed by atoms with van der Waals surface area (Å²) in [6.45, 7) is 1.43. The van der Waals surface area contributed by atoms with Crippen LogP contribution >= 0.6 is 0 Å². The van der Waals surface area contributed by atoms with E-state index in [1.807, 2.05) is 6.07 Å². The van der Waals surface area contributed by atoms with Crippen LogP contribution in [0.3, 0.4) is 0 Å². The zero-order valence-electron chi connectivity index (χ0n) is 14.0. The van der Waals surface area contributed by atoms with Gasteiger partial charge in [0.05, 0.1) is 12.5 Å². The molecule has 0 radical (unpaired) electrons. The number of benzene rings is 2. The van der Waals surface area contributed by atoms with E-state index in [-0.39, 0.29) is 36.5 Å². The molecule has 2 aromatic rings. The van der Waals surface area contributed by atoms with E-state index in [1.165, 1.54) is 6.07 Å². The SMILES string of the molecule is O=C(Cc1ccccc1F)N(Cc1ccccc1O)C[C@@H]1CCCO1. The maximum Gasteiger partial charge on any atom is 0.227 e. The average molecular weight is 343 g/mol. The van der Waals surface area contributed by atoms with Gasteiger partial charge in [-0.1, -0.05) is 36.4 Å². The van der Waals surface area contributed by atoms with E-state index in [1.54, 1.807) is 41.3 Å². The number of hydrogen-bond acceptors (Lipinski definition) is 3. The van der Waals surface area contributed by atoms with Gasteiger partial charge in [0.1, 0.15) is 11.6 Å². The Hall–Kier alpha value is -2.40. The van der Waals surface area contributed by atoms with Gasteiger partial charge in [-0.2, -0.15) is 0 Å². The van der Waals surface area contributed by atoms with Crippen LogP contribution in [0.4, 0.5) is 4.39 Å². The lowest BCUT2D eigenvalue weighted by molar-refractivity contribution is -0.132. The molecule has 1 saturated heterocycles. The first-order chi connectivity index (χ1) is 12.1. The lowest BCUT2D eigenvalue weighted by Crippen LogP contribution is -2.38. The summed E-state index contributed by atoms with van der Waals surface area (Å²) < 4.78 is 19.5. The van der Waals surface area contributed by atoms with E-state index in [9.17, 15) is 14.3 Å². The van der Waals surface area contributed by atoms with E-state index >= 15 is 0 Å². The highest BCUT2D eigenvalue weighted by atomic mass is 19.1. The molecule has 1 atom stereocenters. The second-order valence-electron chi connectivity index (χ2n) is 6.31. The van der Waals surface area contributed by atoms with Gasteiger partial charge in [0, 0.05) is 25.3 Å². The Morgan fingerprint density at radius 3 is 2.56 bits per heavy atom. The molecule has 1 aliphatic rings. The molecule has 1 heterocycles. The molecule has 0 bridgehead atoms. The summed E-state index contributed by atoms with van der Waals surface area (Å²) in [6, 6.07) is 13.3. The number of ether oxygens (including phenoxy) is 1. The maximum atomic E-state index is 13.9. The number of carbonyl (C=O) groups excluding carboxylic acids is 1. The molecule has 3 rings (SSSR count). The fraction of sp³-hybridized carbons (Fsp3) is 0.350. The normalized spacial score (nSPS) is 16.8. The molecule has 1 aliphatic heterocycles. The van der Waals surface area contributed by atoms with Crippen LogP contribution in [0.5, 0.6) is 5.75 Å². The quantitative estimate of drug-likeness (QED) is 0.876. The van der Waals surface area contributed by atoms with Crippen LogP contribution in [-0.2, 0) is 22.5 Å². The number of halogens is 1. The molecular weight excluding hydrogens is 321 g/mol. The van der Waals surface area contributed by atoms with Crippen LogP contribution in [0.1, 0.15) is 24.0 Å². The van der Waals surface area contributed by atoms with E-state index < -0.39 is 0 Å². The predicted molar refractivity (Wildman–Crippen MR) is 92.6 cm³/mol. The highest BCUT2D eigenvalue weighted by Crippen LogP contribution is 2.21. The standard InChI is InChI=1S/C20H22FNO3/c21-18-9-3-1-6-15(18)12-20(24)22(14-17-8-5-11-25-17)13-16-7-2-4-10-19(16)23/h1-4,6-7,9-10,17,23H,5,8,11-14H2/t17-/m0/s1. The fourth-order valence-electron chi connectivity index (χ4n) is 3.06. The molecule has 0 saturated carbocycles. The average Bonchev–Trinajstić information content (AvgIpc) is 3.11. The van der Waals surface area contributed by atoms with Crippen LogP contribution in [0, 0.1) is 5.82 Å². The van der Waals surface area contributed by atoms with Crippen molar-refractivity contribution >= 4 is 5.91 Å². The van der Waals surface area contributed by atoms with Gasteiger partial charge >= 0.3 is 0 Å². The summed E-state index contributed by atoms with van der Waals surface area (Å²) >= 11 is 0. The minimum atomic E-state index is -0.379. The first-order valence-electron chi connectivity index (χ1n) is 8.53. The van der Waals surface area contributed by atoms with Gasteiger partial charge in [0.2, 0.25) is 5.91 Å². The highest BCUT2D eigenvalue weighted by Gasteiger charge is 2.24. The Kier molecular flexibility index (Phi) is 5.66. The molecule has 132 valence electrons. The number of hydrogen-bond donors (Lipinski definition) is 1. The Balaban J connectivity index is 1.76. The number of rotatable bonds is 6. The number of aromatic hydroxyl groups is 1. The second kappa shape index (κ2) is 8.12. The van der Waals surface area contributed by atoms with Crippen molar-refractivity contribution in [2.45, 2.75) is 31.9 Å². The minimum Gasteiger partial charge on any atom is -0.508 e. The molecule has 0 aliphatic carbocycles. The van der Waals surface area contributed by atoms with E-state index in [0.717, 1.165) is 12.8 Å². The maximum absolute atomic E-state index is 13.9. The van der Waals surface area contributed by atoms with Crippen molar-refractivity contribution in [3.05, 3.63) is 65.5 Å². The fourth-order valence-corrected chi connectivity index (χ4v) is 3.06. The number of nitrogens with zero attached hydrogens (tertiary/aromatic N) is 1. The van der Waals surface area contributed by atoms with Gasteiger partial charge in [-0.05, 0) is 30.5 Å². The first kappa shape index (κ1) is 17.4. The van der Waals surface area contributed by atoms with Gasteiger partial charge < -0.3 is 14.7 Å². The molecule has 2 aromatic carbocycles.